The van der Waals surface area contributed by atoms with Crippen molar-refractivity contribution in [1.82, 2.24) is 10.6 Å². The van der Waals surface area contributed by atoms with Gasteiger partial charge in [0.05, 0.1) is 17.9 Å². The Kier molecular flexibility index (Phi) is 10.8. The highest BCUT2D eigenvalue weighted by Gasteiger charge is 2.29. The molecule has 152 valence electrons. The molecule has 0 aliphatic carbocycles. The maximum absolute atomic E-state index is 12.5. The fraction of sp³-hybridized carbons (Fsp3) is 0.471. The van der Waals surface area contributed by atoms with E-state index in [1.807, 2.05) is 6.92 Å². The van der Waals surface area contributed by atoms with Gasteiger partial charge in [-0.1, -0.05) is 11.8 Å². The monoisotopic (exact) mass is 517 g/mol. The first kappa shape index (κ1) is 25.5. The zero-order valence-corrected chi connectivity index (χ0v) is 18.4. The third-order valence-electron chi connectivity index (χ3n) is 3.32. The van der Waals surface area contributed by atoms with Gasteiger partial charge >= 0.3 is 6.18 Å². The predicted octanol–water partition coefficient (Wildman–Crippen LogP) is 2.66. The highest BCUT2D eigenvalue weighted by atomic mass is 127. The van der Waals surface area contributed by atoms with Crippen LogP contribution in [0.15, 0.2) is 29.3 Å². The maximum Gasteiger partial charge on any atom is 0.416 e. The summed E-state index contributed by atoms with van der Waals surface area (Å²) >= 11 is 0. The van der Waals surface area contributed by atoms with Crippen molar-refractivity contribution in [2.45, 2.75) is 25.6 Å². The number of nitrogens with one attached hydrogen (secondary N) is 2. The molecule has 1 rings (SSSR count). The summed E-state index contributed by atoms with van der Waals surface area (Å²) in [7, 11) is -1.45. The van der Waals surface area contributed by atoms with Crippen LogP contribution >= 0.6 is 24.0 Å². The van der Waals surface area contributed by atoms with Crippen LogP contribution < -0.4 is 10.6 Å². The van der Waals surface area contributed by atoms with Crippen molar-refractivity contribution in [2.24, 2.45) is 4.99 Å². The van der Waals surface area contributed by atoms with Crippen molar-refractivity contribution in [1.29, 1.82) is 0 Å². The van der Waals surface area contributed by atoms with E-state index in [0.29, 0.717) is 17.9 Å². The summed E-state index contributed by atoms with van der Waals surface area (Å²) in [5, 5.41) is 5.98. The average Bonchev–Trinajstić information content (AvgIpc) is 2.54. The topological polar surface area (TPSA) is 70.6 Å². The average molecular weight is 517 g/mol. The summed E-state index contributed by atoms with van der Waals surface area (Å²) in [5.41, 5.74) is -0.238. The molecule has 10 heteroatoms. The maximum atomic E-state index is 12.5. The lowest BCUT2D eigenvalue weighted by Crippen LogP contribution is -2.42. The van der Waals surface area contributed by atoms with Gasteiger partial charge in [-0.2, -0.15) is 13.2 Å². The molecule has 2 N–H and O–H groups in total. The molecule has 1 aromatic carbocycles. The number of hydrogen-bond donors (Lipinski definition) is 2. The minimum absolute atomic E-state index is 0. The summed E-state index contributed by atoms with van der Waals surface area (Å²) in [6.07, 6.45) is -2.74. The van der Waals surface area contributed by atoms with Gasteiger partial charge in [0.25, 0.3) is 0 Å². The number of hydrogen-bond acceptors (Lipinski definition) is 3. The van der Waals surface area contributed by atoms with Gasteiger partial charge in [0.1, 0.15) is 9.84 Å². The zero-order chi connectivity index (χ0) is 19.8. The van der Waals surface area contributed by atoms with E-state index >= 15 is 0 Å². The molecule has 1 unspecified atom stereocenters. The molecule has 5 nitrogen and oxygen atoms in total. The Balaban J connectivity index is 0.00000676. The van der Waals surface area contributed by atoms with Crippen molar-refractivity contribution in [3.8, 4) is 11.8 Å². The van der Waals surface area contributed by atoms with E-state index < -0.39 is 21.6 Å². The predicted molar refractivity (Wildman–Crippen MR) is 112 cm³/mol. The number of benzene rings is 1. The van der Waals surface area contributed by atoms with E-state index in [1.54, 1.807) is 7.05 Å². The molecule has 0 amide bonds. The second kappa shape index (κ2) is 11.4. The van der Waals surface area contributed by atoms with Gasteiger partial charge in [-0.3, -0.25) is 4.99 Å². The number of aliphatic imine (C=N–C) groups is 1. The van der Waals surface area contributed by atoms with Crippen LogP contribution in [0.4, 0.5) is 13.2 Å². The highest BCUT2D eigenvalue weighted by molar-refractivity contribution is 14.0. The molecule has 1 atom stereocenters. The molecule has 0 aromatic heterocycles. The molecular weight excluding hydrogens is 494 g/mol. The molecule has 0 bridgehead atoms. The van der Waals surface area contributed by atoms with Crippen LogP contribution in [0.1, 0.15) is 24.5 Å². The van der Waals surface area contributed by atoms with Crippen LogP contribution in [0.5, 0.6) is 0 Å². The first-order chi connectivity index (χ1) is 12.0. The van der Waals surface area contributed by atoms with Crippen LogP contribution in [0.2, 0.25) is 0 Å². The van der Waals surface area contributed by atoms with Gasteiger partial charge in [-0.05, 0) is 37.6 Å². The Morgan fingerprint density at radius 3 is 2.33 bits per heavy atom. The number of guanidine groups is 1. The summed E-state index contributed by atoms with van der Waals surface area (Å²) in [5.74, 6) is 6.10. The zero-order valence-electron chi connectivity index (χ0n) is 15.2. The molecule has 0 spiro atoms. The number of nitrogens with zero attached hydrogens (tertiary/aromatic N) is 1. The van der Waals surface area contributed by atoms with Gasteiger partial charge in [0, 0.05) is 24.9 Å². The minimum atomic E-state index is -4.36. The van der Waals surface area contributed by atoms with E-state index in [4.69, 9.17) is 0 Å². The van der Waals surface area contributed by atoms with Gasteiger partial charge in [-0.25, -0.2) is 8.42 Å². The second-order valence-electron chi connectivity index (χ2n) is 5.77. The van der Waals surface area contributed by atoms with Crippen LogP contribution in [-0.2, 0) is 16.0 Å². The van der Waals surface area contributed by atoms with Crippen LogP contribution in [-0.4, -0.2) is 46.0 Å². The highest BCUT2D eigenvalue weighted by Crippen LogP contribution is 2.28. The molecule has 0 heterocycles. The quantitative estimate of drug-likeness (QED) is 0.273. The lowest BCUT2D eigenvalue weighted by atomic mass is 10.1. The van der Waals surface area contributed by atoms with Crippen molar-refractivity contribution in [3.05, 3.63) is 35.4 Å². The largest absolute Gasteiger partial charge is 0.416 e. The number of alkyl halides is 3. The summed E-state index contributed by atoms with van der Waals surface area (Å²) < 4.78 is 59.8. The lowest BCUT2D eigenvalue weighted by molar-refractivity contribution is -0.137. The summed E-state index contributed by atoms with van der Waals surface area (Å²) in [6, 6.07) is 4.51. The third-order valence-corrected chi connectivity index (χ3v) is 4.29. The van der Waals surface area contributed by atoms with E-state index in [0.717, 1.165) is 12.1 Å². The Hall–Kier alpha value is -1.48. The normalized spacial score (nSPS) is 13.0. The van der Waals surface area contributed by atoms with Crippen molar-refractivity contribution < 1.29 is 21.6 Å². The Morgan fingerprint density at radius 2 is 1.85 bits per heavy atom. The second-order valence-corrected chi connectivity index (χ2v) is 8.03. The van der Waals surface area contributed by atoms with Gasteiger partial charge in [0.2, 0.25) is 0 Å². The summed E-state index contributed by atoms with van der Waals surface area (Å²) in [4.78, 5) is 4.01. The van der Waals surface area contributed by atoms with E-state index in [9.17, 15) is 21.6 Å². The first-order valence-electron chi connectivity index (χ1n) is 7.82. The van der Waals surface area contributed by atoms with E-state index in [-0.39, 0.29) is 42.3 Å². The first-order valence-corrected chi connectivity index (χ1v) is 9.88. The van der Waals surface area contributed by atoms with Crippen molar-refractivity contribution in [3.63, 3.8) is 0 Å². The van der Waals surface area contributed by atoms with Crippen LogP contribution in [0.25, 0.3) is 0 Å². The van der Waals surface area contributed by atoms with Gasteiger partial charge < -0.3 is 10.6 Å². The van der Waals surface area contributed by atoms with Crippen LogP contribution in [0, 0.1) is 11.8 Å². The molecule has 0 aliphatic rings. The van der Waals surface area contributed by atoms with Crippen molar-refractivity contribution in [2.75, 3.05) is 25.6 Å². The molecule has 0 saturated heterocycles. The third kappa shape index (κ3) is 11.1. The van der Waals surface area contributed by atoms with Gasteiger partial charge in [-0.15, -0.1) is 24.0 Å². The molecule has 0 saturated carbocycles. The van der Waals surface area contributed by atoms with Gasteiger partial charge in [0.15, 0.2) is 5.96 Å². The molecule has 0 radical (unpaired) electrons. The molecule has 27 heavy (non-hydrogen) atoms. The lowest BCUT2D eigenvalue weighted by Gasteiger charge is -2.16. The van der Waals surface area contributed by atoms with Crippen LogP contribution in [0.3, 0.4) is 0 Å². The Labute approximate surface area is 175 Å². The van der Waals surface area contributed by atoms with E-state index in [2.05, 4.69) is 27.5 Å². The SMILES string of the molecule is CN=C(NCC#Cc1ccc(C(F)(F)F)cc1)NC(C)CCS(C)(=O)=O.I. The fourth-order valence-electron chi connectivity index (χ4n) is 1.91. The number of sulfone groups is 1. The fourth-order valence-corrected chi connectivity index (χ4v) is 2.69. The summed E-state index contributed by atoms with van der Waals surface area (Å²) in [6.45, 7) is 2.07. The smallest absolute Gasteiger partial charge is 0.354 e. The number of rotatable bonds is 5. The molecular formula is C17H23F3IN3O2S. The Bertz CT molecular complexity index is 782. The Morgan fingerprint density at radius 1 is 1.26 bits per heavy atom. The van der Waals surface area contributed by atoms with E-state index in [1.165, 1.54) is 18.4 Å². The standard InChI is InChI=1S/C17H22F3N3O2S.HI/c1-13(10-12-26(3,24)25)23-16(21-2)22-11-4-5-14-6-8-15(9-7-14)17(18,19)20;/h6-9,13H,10-12H2,1-3H3,(H2,21,22,23);1H. The molecule has 0 fully saturated rings. The van der Waals surface area contributed by atoms with Crippen molar-refractivity contribution >= 4 is 39.8 Å². The molecule has 1 aromatic rings. The number of halogens is 4. The molecule has 0 aliphatic heterocycles. The minimum Gasteiger partial charge on any atom is -0.354 e.